The fourth-order valence-electron chi connectivity index (χ4n) is 4.34. The standard InChI is InChI=1S/C26H32ClN5O3/c1-4-26(5-2,19-12-14-20(27)15-13-19)29-16-21(33)31(6-3)22-23(28)32(25(35)30-24(22)34)17-18-10-8-7-9-11-18/h7-15,29H,4-6,16-17,28H2,1-3H3,(H,30,34,35). The molecule has 2 aromatic carbocycles. The number of nitrogen functional groups attached to an aromatic ring is 1. The highest BCUT2D eigenvalue weighted by Crippen LogP contribution is 2.30. The molecule has 0 saturated carbocycles. The van der Waals surface area contributed by atoms with E-state index in [0.29, 0.717) is 5.02 Å². The number of likely N-dealkylation sites (N-methyl/N-ethyl adjacent to an activating group) is 1. The zero-order valence-electron chi connectivity index (χ0n) is 20.3. The van der Waals surface area contributed by atoms with Crippen LogP contribution in [0.25, 0.3) is 0 Å². The van der Waals surface area contributed by atoms with E-state index < -0.39 is 16.8 Å². The Bertz CT molecular complexity index is 1260. The Morgan fingerprint density at radius 1 is 1.06 bits per heavy atom. The number of halogens is 1. The summed E-state index contributed by atoms with van der Waals surface area (Å²) in [7, 11) is 0. The molecule has 0 aliphatic rings. The number of nitrogens with two attached hydrogens (primary N) is 1. The van der Waals surface area contributed by atoms with Crippen molar-refractivity contribution < 1.29 is 4.79 Å². The molecule has 0 saturated heterocycles. The normalized spacial score (nSPS) is 11.4. The number of rotatable bonds is 10. The Balaban J connectivity index is 1.90. The molecule has 0 aliphatic carbocycles. The lowest BCUT2D eigenvalue weighted by Gasteiger charge is -2.34. The highest BCUT2D eigenvalue weighted by Gasteiger charge is 2.30. The third-order valence-corrected chi connectivity index (χ3v) is 6.72. The third kappa shape index (κ3) is 5.66. The van der Waals surface area contributed by atoms with Gasteiger partial charge in [-0.2, -0.15) is 0 Å². The van der Waals surface area contributed by atoms with Gasteiger partial charge >= 0.3 is 5.69 Å². The summed E-state index contributed by atoms with van der Waals surface area (Å²) in [4.78, 5) is 42.3. The van der Waals surface area contributed by atoms with Gasteiger partial charge in [0.15, 0.2) is 5.69 Å². The molecule has 35 heavy (non-hydrogen) atoms. The Hall–Kier alpha value is -3.36. The smallest absolute Gasteiger partial charge is 0.330 e. The van der Waals surface area contributed by atoms with Crippen molar-refractivity contribution in [3.63, 3.8) is 0 Å². The number of nitrogens with one attached hydrogen (secondary N) is 2. The van der Waals surface area contributed by atoms with E-state index in [9.17, 15) is 14.4 Å². The van der Waals surface area contributed by atoms with Crippen LogP contribution in [0, 0.1) is 0 Å². The van der Waals surface area contributed by atoms with E-state index in [1.807, 2.05) is 54.6 Å². The maximum Gasteiger partial charge on any atom is 0.330 e. The summed E-state index contributed by atoms with van der Waals surface area (Å²) in [5.41, 5.74) is 6.38. The average molecular weight is 498 g/mol. The first-order chi connectivity index (χ1) is 16.8. The second kappa shape index (κ2) is 11.4. The number of benzene rings is 2. The van der Waals surface area contributed by atoms with Gasteiger partial charge in [0, 0.05) is 17.1 Å². The largest absolute Gasteiger partial charge is 0.383 e. The average Bonchev–Trinajstić information content (AvgIpc) is 2.86. The first-order valence-corrected chi connectivity index (χ1v) is 12.1. The molecule has 0 fully saturated rings. The van der Waals surface area contributed by atoms with Gasteiger partial charge in [-0.1, -0.05) is 67.9 Å². The van der Waals surface area contributed by atoms with Gasteiger partial charge in [0.1, 0.15) is 5.82 Å². The van der Waals surface area contributed by atoms with Gasteiger partial charge in [0.05, 0.1) is 13.1 Å². The van der Waals surface area contributed by atoms with Gasteiger partial charge in [0.25, 0.3) is 5.56 Å². The summed E-state index contributed by atoms with van der Waals surface area (Å²) in [5, 5.41) is 4.04. The van der Waals surface area contributed by atoms with Gasteiger partial charge < -0.3 is 10.6 Å². The highest BCUT2D eigenvalue weighted by molar-refractivity contribution is 6.30. The Morgan fingerprint density at radius 3 is 2.26 bits per heavy atom. The van der Waals surface area contributed by atoms with E-state index in [-0.39, 0.29) is 37.0 Å². The number of hydrogen-bond donors (Lipinski definition) is 3. The molecule has 0 aliphatic heterocycles. The number of anilines is 2. The maximum absolute atomic E-state index is 13.3. The molecule has 4 N–H and O–H groups in total. The van der Waals surface area contributed by atoms with Crippen LogP contribution in [-0.4, -0.2) is 28.5 Å². The summed E-state index contributed by atoms with van der Waals surface area (Å²) < 4.78 is 1.27. The molecule has 0 unspecified atom stereocenters. The molecule has 1 aromatic heterocycles. The van der Waals surface area contributed by atoms with Crippen LogP contribution in [-0.2, 0) is 16.9 Å². The van der Waals surface area contributed by atoms with Gasteiger partial charge in [0.2, 0.25) is 5.91 Å². The monoisotopic (exact) mass is 497 g/mol. The second-order valence-corrected chi connectivity index (χ2v) is 8.79. The number of carbonyl (C=O) groups excluding carboxylic acids is 1. The Labute approximate surface area is 209 Å². The number of hydrogen-bond acceptors (Lipinski definition) is 5. The fraction of sp³-hybridized carbons (Fsp3) is 0.346. The molecule has 3 rings (SSSR count). The zero-order chi connectivity index (χ0) is 25.6. The van der Waals surface area contributed by atoms with E-state index in [1.165, 1.54) is 9.47 Å². The van der Waals surface area contributed by atoms with Crippen molar-refractivity contribution in [2.75, 3.05) is 23.7 Å². The summed E-state index contributed by atoms with van der Waals surface area (Å²) in [6.07, 6.45) is 1.49. The first-order valence-electron chi connectivity index (χ1n) is 11.7. The zero-order valence-corrected chi connectivity index (χ0v) is 21.1. The Kier molecular flexibility index (Phi) is 8.53. The van der Waals surface area contributed by atoms with Crippen LogP contribution in [0.5, 0.6) is 0 Å². The summed E-state index contributed by atoms with van der Waals surface area (Å²) in [5.74, 6) is -0.373. The van der Waals surface area contributed by atoms with Crippen LogP contribution in [0.1, 0.15) is 44.7 Å². The molecular weight excluding hydrogens is 466 g/mol. The molecule has 1 heterocycles. The quantitative estimate of drug-likeness (QED) is 0.397. The van der Waals surface area contributed by atoms with E-state index in [4.69, 9.17) is 17.3 Å². The molecule has 0 bridgehead atoms. The van der Waals surface area contributed by atoms with Crippen molar-refractivity contribution in [3.05, 3.63) is 91.6 Å². The summed E-state index contributed by atoms with van der Waals surface area (Å²) in [6, 6.07) is 16.8. The number of aromatic nitrogens is 2. The van der Waals surface area contributed by atoms with Crippen LogP contribution in [0.3, 0.4) is 0 Å². The second-order valence-electron chi connectivity index (χ2n) is 8.35. The molecule has 8 nitrogen and oxygen atoms in total. The number of amides is 1. The molecule has 9 heteroatoms. The van der Waals surface area contributed by atoms with Crippen LogP contribution < -0.4 is 27.2 Å². The van der Waals surface area contributed by atoms with E-state index in [1.54, 1.807) is 6.92 Å². The molecule has 3 aromatic rings. The number of H-pyrrole nitrogens is 1. The molecule has 186 valence electrons. The Morgan fingerprint density at radius 2 is 1.69 bits per heavy atom. The van der Waals surface area contributed by atoms with E-state index >= 15 is 0 Å². The topological polar surface area (TPSA) is 113 Å². The fourth-order valence-corrected chi connectivity index (χ4v) is 4.47. The lowest BCUT2D eigenvalue weighted by atomic mass is 9.84. The maximum atomic E-state index is 13.3. The molecular formula is C26H32ClN5O3. The van der Waals surface area contributed by atoms with Crippen LogP contribution >= 0.6 is 11.6 Å². The SMILES string of the molecule is CCN(C(=O)CNC(CC)(CC)c1ccc(Cl)cc1)c1c(N)n(Cc2ccccc2)c(=O)[nH]c1=O. The third-order valence-electron chi connectivity index (χ3n) is 6.47. The predicted octanol–water partition coefficient (Wildman–Crippen LogP) is 3.48. The van der Waals surface area contributed by atoms with Crippen LogP contribution in [0.15, 0.2) is 64.2 Å². The minimum atomic E-state index is -0.693. The van der Waals surface area contributed by atoms with Gasteiger partial charge in [-0.3, -0.25) is 24.5 Å². The predicted molar refractivity (Wildman–Crippen MR) is 141 cm³/mol. The summed E-state index contributed by atoms with van der Waals surface area (Å²) >= 11 is 6.06. The highest BCUT2D eigenvalue weighted by atomic mass is 35.5. The van der Waals surface area contributed by atoms with Crippen molar-refractivity contribution in [2.45, 2.75) is 45.7 Å². The van der Waals surface area contributed by atoms with Crippen molar-refractivity contribution in [1.29, 1.82) is 0 Å². The number of aromatic amines is 1. The minimum Gasteiger partial charge on any atom is -0.383 e. The van der Waals surface area contributed by atoms with E-state index in [2.05, 4.69) is 24.1 Å². The van der Waals surface area contributed by atoms with E-state index in [0.717, 1.165) is 24.0 Å². The lowest BCUT2D eigenvalue weighted by Crippen LogP contribution is -2.49. The van der Waals surface area contributed by atoms with Crippen LogP contribution in [0.2, 0.25) is 5.02 Å². The van der Waals surface area contributed by atoms with Crippen molar-refractivity contribution in [2.24, 2.45) is 0 Å². The molecule has 0 atom stereocenters. The number of nitrogens with zero attached hydrogens (tertiary/aromatic N) is 2. The van der Waals surface area contributed by atoms with Gasteiger partial charge in [-0.15, -0.1) is 0 Å². The molecule has 1 amide bonds. The first kappa shape index (κ1) is 26.2. The molecule has 0 spiro atoms. The minimum absolute atomic E-state index is 0.0190. The van der Waals surface area contributed by atoms with Crippen molar-refractivity contribution in [3.8, 4) is 0 Å². The van der Waals surface area contributed by atoms with Crippen molar-refractivity contribution in [1.82, 2.24) is 14.9 Å². The molecule has 0 radical (unpaired) electrons. The lowest BCUT2D eigenvalue weighted by molar-refractivity contribution is -0.118. The van der Waals surface area contributed by atoms with Crippen molar-refractivity contribution >= 4 is 29.0 Å². The van der Waals surface area contributed by atoms with Crippen LogP contribution in [0.4, 0.5) is 11.5 Å². The number of carbonyl (C=O) groups is 1. The van der Waals surface area contributed by atoms with Gasteiger partial charge in [-0.05, 0) is 43.0 Å². The van der Waals surface area contributed by atoms with Gasteiger partial charge in [-0.25, -0.2) is 4.79 Å². The summed E-state index contributed by atoms with van der Waals surface area (Å²) in [6.45, 7) is 6.23.